The Morgan fingerprint density at radius 2 is 1.53 bits per heavy atom. The second kappa shape index (κ2) is 14.9. The van der Waals surface area contributed by atoms with Gasteiger partial charge in [0.2, 0.25) is 0 Å². The fourth-order valence-corrected chi connectivity index (χ4v) is 10.7. The lowest BCUT2D eigenvalue weighted by Crippen LogP contribution is -2.49. The van der Waals surface area contributed by atoms with Crippen molar-refractivity contribution >= 4 is 22.6 Å². The third kappa shape index (κ3) is 9.30. The summed E-state index contributed by atoms with van der Waals surface area (Å²) in [5, 5.41) is 11.1. The molecule has 0 aromatic carbocycles. The second-order valence-electron chi connectivity index (χ2n) is 18.5. The van der Waals surface area contributed by atoms with E-state index in [1.54, 1.807) is 5.57 Å². The molecule has 2 unspecified atom stereocenters. The van der Waals surface area contributed by atoms with Crippen molar-refractivity contribution in [3.8, 4) is 0 Å². The summed E-state index contributed by atoms with van der Waals surface area (Å²) in [5.41, 5.74) is 4.71. The molecular formula is C40H70O5Si2. The lowest BCUT2D eigenvalue weighted by Gasteiger charge is -2.46. The molecule has 1 N–H and O–H groups in total. The number of aliphatic hydroxyl groups is 1. The van der Waals surface area contributed by atoms with Gasteiger partial charge in [-0.25, -0.2) is 4.79 Å². The average Bonchev–Trinajstić information content (AvgIpc) is 3.29. The van der Waals surface area contributed by atoms with Crippen molar-refractivity contribution in [1.29, 1.82) is 0 Å². The smallest absolute Gasteiger partial charge is 0.333 e. The largest absolute Gasteiger partial charge is 0.466 e. The summed E-state index contributed by atoms with van der Waals surface area (Å²) in [4.78, 5) is 11.8. The van der Waals surface area contributed by atoms with Crippen LogP contribution >= 0.6 is 0 Å². The molecule has 3 aliphatic carbocycles. The van der Waals surface area contributed by atoms with Gasteiger partial charge in [-0.15, -0.1) is 0 Å². The fraction of sp³-hybridized carbons (Fsp3) is 0.775. The highest BCUT2D eigenvalue weighted by molar-refractivity contribution is 6.74. The van der Waals surface area contributed by atoms with Crippen LogP contribution in [0.2, 0.25) is 36.3 Å². The van der Waals surface area contributed by atoms with Crippen molar-refractivity contribution in [2.75, 3.05) is 7.11 Å². The van der Waals surface area contributed by atoms with Crippen molar-refractivity contribution in [3.05, 3.63) is 47.6 Å². The van der Waals surface area contributed by atoms with Crippen molar-refractivity contribution in [3.63, 3.8) is 0 Å². The topological polar surface area (TPSA) is 65.0 Å². The number of rotatable bonds is 11. The SMILES string of the molecule is C=C(C[C@H](O)CC(C)[C@H]1CC[C@H]2/C(=C/C=C3CC(O[Si](C)(C)C(C)(C)C)C(=C)[C@H](O[Si](C)(C)C(C)(C)C)C3)CCC[C@]12C)C(=O)OC. The Labute approximate surface area is 291 Å². The Bertz CT molecular complexity index is 1170. The Morgan fingerprint density at radius 1 is 1.00 bits per heavy atom. The van der Waals surface area contributed by atoms with Gasteiger partial charge < -0.3 is 18.7 Å². The van der Waals surface area contributed by atoms with Crippen LogP contribution in [-0.4, -0.2) is 53.1 Å². The van der Waals surface area contributed by atoms with Crippen LogP contribution in [0, 0.1) is 23.2 Å². The van der Waals surface area contributed by atoms with E-state index >= 15 is 0 Å². The molecule has 0 amide bonds. The van der Waals surface area contributed by atoms with Crippen molar-refractivity contribution in [1.82, 2.24) is 0 Å². The molecule has 0 spiro atoms. The minimum absolute atomic E-state index is 0.0147. The summed E-state index contributed by atoms with van der Waals surface area (Å²) in [5.74, 6) is 1.06. The van der Waals surface area contributed by atoms with Gasteiger partial charge in [0, 0.05) is 12.0 Å². The lowest BCUT2D eigenvalue weighted by atomic mass is 9.60. The van der Waals surface area contributed by atoms with E-state index in [1.165, 1.54) is 38.4 Å². The molecule has 3 aliphatic rings. The molecule has 0 aromatic heterocycles. The van der Waals surface area contributed by atoms with E-state index in [4.69, 9.17) is 13.6 Å². The molecule has 0 bridgehead atoms. The normalized spacial score (nSPS) is 30.7. The van der Waals surface area contributed by atoms with Crippen molar-refractivity contribution in [2.24, 2.45) is 23.2 Å². The molecule has 7 atom stereocenters. The molecule has 0 heterocycles. The monoisotopic (exact) mass is 686 g/mol. The third-order valence-electron chi connectivity index (χ3n) is 13.1. The van der Waals surface area contributed by atoms with E-state index < -0.39 is 28.7 Å². The van der Waals surface area contributed by atoms with Gasteiger partial charge in [0.1, 0.15) is 0 Å². The number of fused-ring (bicyclic) bond motifs is 1. The summed E-state index contributed by atoms with van der Waals surface area (Å²) in [7, 11) is -2.66. The van der Waals surface area contributed by atoms with Crippen molar-refractivity contribution < 1.29 is 23.5 Å². The van der Waals surface area contributed by atoms with Crippen molar-refractivity contribution in [2.45, 2.75) is 168 Å². The van der Waals surface area contributed by atoms with E-state index in [9.17, 15) is 9.90 Å². The van der Waals surface area contributed by atoms with Crippen LogP contribution in [0.4, 0.5) is 0 Å². The van der Waals surface area contributed by atoms with Crippen LogP contribution in [0.3, 0.4) is 0 Å². The first-order chi connectivity index (χ1) is 21.4. The van der Waals surface area contributed by atoms with E-state index in [0.29, 0.717) is 29.7 Å². The zero-order valence-electron chi connectivity index (χ0n) is 32.5. The standard InChI is InChI=1S/C40H70O5Si2/c1-27(23-32(41)24-28(2)37(42)43-11)33-20-21-34-31(17-16-22-40(33,34)10)19-18-30-25-35(44-46(12,13)38(4,5)6)29(3)36(26-30)45-47(14,15)39(7,8)9/h18-19,27,32-36,41H,2-3,16-17,20-26H2,1,4-15H3/b30-18?,31-19+/t27?,32-,33-,34+,35-,36?,40-/m1/s1. The van der Waals surface area contributed by atoms with Gasteiger partial charge in [0.25, 0.3) is 0 Å². The van der Waals surface area contributed by atoms with Gasteiger partial charge in [-0.2, -0.15) is 0 Å². The van der Waals surface area contributed by atoms with Gasteiger partial charge in [0.05, 0.1) is 25.4 Å². The summed E-state index contributed by atoms with van der Waals surface area (Å²) in [6.45, 7) is 36.5. The Balaban J connectivity index is 1.84. The Hall–Kier alpha value is -1.26. The molecule has 0 saturated heterocycles. The van der Waals surface area contributed by atoms with Crippen LogP contribution in [0.25, 0.3) is 0 Å². The number of aliphatic hydroxyl groups excluding tert-OH is 1. The summed E-state index contributed by atoms with van der Waals surface area (Å²) >= 11 is 0. The summed E-state index contributed by atoms with van der Waals surface area (Å²) < 4.78 is 18.9. The third-order valence-corrected chi connectivity index (χ3v) is 22.0. The lowest BCUT2D eigenvalue weighted by molar-refractivity contribution is -0.136. The number of hydrogen-bond acceptors (Lipinski definition) is 5. The average molecular weight is 687 g/mol. The van der Waals surface area contributed by atoms with Crippen LogP contribution < -0.4 is 0 Å². The maximum absolute atomic E-state index is 11.8. The predicted molar refractivity (Wildman–Crippen MR) is 202 cm³/mol. The van der Waals surface area contributed by atoms with Gasteiger partial charge in [-0.05, 0) is 116 Å². The molecule has 0 radical (unpaired) electrons. The van der Waals surface area contributed by atoms with Crippen LogP contribution in [0.5, 0.6) is 0 Å². The summed E-state index contributed by atoms with van der Waals surface area (Å²) in [6.07, 6.45) is 13.0. The second-order valence-corrected chi connectivity index (χ2v) is 28.1. The van der Waals surface area contributed by atoms with E-state index in [1.807, 2.05) is 0 Å². The first-order valence-electron chi connectivity index (χ1n) is 18.3. The maximum atomic E-state index is 11.8. The number of esters is 1. The molecule has 5 nitrogen and oxygen atoms in total. The van der Waals surface area contributed by atoms with Gasteiger partial charge in [-0.1, -0.05) is 91.8 Å². The van der Waals surface area contributed by atoms with Gasteiger partial charge >= 0.3 is 5.97 Å². The van der Waals surface area contributed by atoms with Crippen LogP contribution in [0.15, 0.2) is 47.6 Å². The van der Waals surface area contributed by atoms with Gasteiger partial charge in [0.15, 0.2) is 16.6 Å². The highest BCUT2D eigenvalue weighted by Crippen LogP contribution is 2.60. The van der Waals surface area contributed by atoms with Crippen LogP contribution in [-0.2, 0) is 18.4 Å². The quantitative estimate of drug-likeness (QED) is 0.101. The fourth-order valence-electron chi connectivity index (χ4n) is 8.09. The Kier molecular flexibility index (Phi) is 12.8. The van der Waals surface area contributed by atoms with Crippen LogP contribution in [0.1, 0.15) is 113 Å². The molecule has 3 saturated carbocycles. The first-order valence-corrected chi connectivity index (χ1v) is 24.1. The number of hydrogen-bond donors (Lipinski definition) is 1. The minimum Gasteiger partial charge on any atom is -0.466 e. The number of carbonyl (C=O) groups is 1. The molecular weight excluding hydrogens is 617 g/mol. The van der Waals surface area contributed by atoms with E-state index in [0.717, 1.165) is 24.8 Å². The molecule has 3 fully saturated rings. The molecule has 268 valence electrons. The van der Waals surface area contributed by atoms with E-state index in [-0.39, 0.29) is 34.1 Å². The predicted octanol–water partition coefficient (Wildman–Crippen LogP) is 10.7. The highest BCUT2D eigenvalue weighted by Gasteiger charge is 2.51. The first kappa shape index (κ1) is 40.2. The highest BCUT2D eigenvalue weighted by atomic mass is 28.4. The van der Waals surface area contributed by atoms with E-state index in [2.05, 4.69) is 107 Å². The number of ether oxygens (including phenoxy) is 1. The molecule has 0 aromatic rings. The zero-order chi connectivity index (χ0) is 35.8. The Morgan fingerprint density at radius 3 is 2.02 bits per heavy atom. The maximum Gasteiger partial charge on any atom is 0.333 e. The zero-order valence-corrected chi connectivity index (χ0v) is 34.5. The molecule has 0 aliphatic heterocycles. The minimum atomic E-state index is -2.01. The number of methoxy groups -OCH3 is 1. The molecule has 7 heteroatoms. The molecule has 3 rings (SSSR count). The number of allylic oxidation sites excluding steroid dienone is 3. The van der Waals surface area contributed by atoms with Gasteiger partial charge in [-0.3, -0.25) is 0 Å². The summed E-state index contributed by atoms with van der Waals surface area (Å²) in [6, 6.07) is 0. The molecule has 47 heavy (non-hydrogen) atoms. The number of carbonyl (C=O) groups excluding carboxylic acids is 1.